The molecule has 4 heteroatoms. The van der Waals surface area contributed by atoms with Crippen LogP contribution in [0.3, 0.4) is 0 Å². The van der Waals surface area contributed by atoms with Gasteiger partial charge in [-0.25, -0.2) is 0 Å². The van der Waals surface area contributed by atoms with Crippen molar-refractivity contribution >= 4 is 27.3 Å². The Labute approximate surface area is 135 Å². The van der Waals surface area contributed by atoms with E-state index < -0.39 is 0 Å². The molecule has 1 saturated heterocycles. The Hall–Kier alpha value is 0.100. The van der Waals surface area contributed by atoms with Gasteiger partial charge in [-0.2, -0.15) is 0 Å². The lowest BCUT2D eigenvalue weighted by atomic mass is 9.82. The highest BCUT2D eigenvalue weighted by Gasteiger charge is 2.32. The van der Waals surface area contributed by atoms with Gasteiger partial charge in [0.1, 0.15) is 0 Å². The van der Waals surface area contributed by atoms with Crippen LogP contribution in [0.2, 0.25) is 0 Å². The van der Waals surface area contributed by atoms with Gasteiger partial charge in [-0.05, 0) is 53.2 Å². The summed E-state index contributed by atoms with van der Waals surface area (Å²) in [6.45, 7) is 6.93. The predicted octanol–water partition coefficient (Wildman–Crippen LogP) is 4.35. The summed E-state index contributed by atoms with van der Waals surface area (Å²) in [5.74, 6) is 0.867. The average Bonchev–Trinajstić information content (AvgIpc) is 2.81. The van der Waals surface area contributed by atoms with Crippen LogP contribution in [0.1, 0.15) is 48.6 Å². The molecule has 112 valence electrons. The van der Waals surface area contributed by atoms with E-state index in [1.807, 2.05) is 11.3 Å². The first-order chi connectivity index (χ1) is 9.75. The van der Waals surface area contributed by atoms with Crippen LogP contribution in [0.4, 0.5) is 0 Å². The van der Waals surface area contributed by atoms with Crippen LogP contribution in [0.5, 0.6) is 0 Å². The predicted molar refractivity (Wildman–Crippen MR) is 90.5 cm³/mol. The molecule has 1 atom stereocenters. The molecule has 1 N–H and O–H groups in total. The number of piperazine rings is 1. The lowest BCUT2D eigenvalue weighted by Gasteiger charge is -2.40. The summed E-state index contributed by atoms with van der Waals surface area (Å²) in [4.78, 5) is 4.33. The van der Waals surface area contributed by atoms with Gasteiger partial charge in [-0.1, -0.05) is 19.3 Å². The van der Waals surface area contributed by atoms with Gasteiger partial charge in [-0.3, -0.25) is 4.90 Å². The summed E-state index contributed by atoms with van der Waals surface area (Å²) in [5.41, 5.74) is 1.40. The SMILES string of the molecule is Cc1cc([C@@H](C2CCCCC2)N2CCNCC2)sc1Br. The number of aryl methyl sites for hydroxylation is 1. The molecule has 2 fully saturated rings. The molecule has 20 heavy (non-hydrogen) atoms. The van der Waals surface area contributed by atoms with Crippen LogP contribution in [-0.4, -0.2) is 31.1 Å². The van der Waals surface area contributed by atoms with Gasteiger partial charge >= 0.3 is 0 Å². The summed E-state index contributed by atoms with van der Waals surface area (Å²) < 4.78 is 1.32. The van der Waals surface area contributed by atoms with Crippen LogP contribution in [0.25, 0.3) is 0 Å². The van der Waals surface area contributed by atoms with Gasteiger partial charge in [0.2, 0.25) is 0 Å². The smallest absolute Gasteiger partial charge is 0.0731 e. The maximum Gasteiger partial charge on any atom is 0.0731 e. The molecule has 3 rings (SSSR count). The standard InChI is InChI=1S/C16H25BrN2S/c1-12-11-14(20-16(12)17)15(13-5-3-2-4-6-13)19-9-7-18-8-10-19/h11,13,15,18H,2-10H2,1H3/t15-/m1/s1. The number of hydrogen-bond acceptors (Lipinski definition) is 3. The number of thiophene rings is 1. The van der Waals surface area contributed by atoms with E-state index in [4.69, 9.17) is 0 Å². The second-order valence-corrected chi connectivity index (χ2v) is 8.64. The Morgan fingerprint density at radius 3 is 2.55 bits per heavy atom. The molecular weight excluding hydrogens is 332 g/mol. The second-order valence-electron chi connectivity index (χ2n) is 6.23. The minimum atomic E-state index is 0.660. The first-order valence-electron chi connectivity index (χ1n) is 7.96. The average molecular weight is 357 g/mol. The van der Waals surface area contributed by atoms with Crippen molar-refractivity contribution < 1.29 is 0 Å². The summed E-state index contributed by atoms with van der Waals surface area (Å²) in [7, 11) is 0. The zero-order valence-corrected chi connectivity index (χ0v) is 14.7. The number of hydrogen-bond donors (Lipinski definition) is 1. The fourth-order valence-corrected chi connectivity index (χ4v) is 5.55. The maximum atomic E-state index is 3.72. The zero-order chi connectivity index (χ0) is 13.9. The Kier molecular flexibility index (Phi) is 5.18. The molecule has 2 heterocycles. The van der Waals surface area contributed by atoms with E-state index in [-0.39, 0.29) is 0 Å². The molecule has 0 amide bonds. The van der Waals surface area contributed by atoms with Gasteiger partial charge in [0, 0.05) is 37.1 Å². The molecule has 0 radical (unpaired) electrons. The molecule has 0 spiro atoms. The van der Waals surface area contributed by atoms with Crippen molar-refractivity contribution in [3.8, 4) is 0 Å². The van der Waals surface area contributed by atoms with E-state index in [2.05, 4.69) is 39.1 Å². The highest BCUT2D eigenvalue weighted by atomic mass is 79.9. The van der Waals surface area contributed by atoms with E-state index >= 15 is 0 Å². The molecule has 1 aromatic heterocycles. The van der Waals surface area contributed by atoms with E-state index in [0.29, 0.717) is 6.04 Å². The Bertz CT molecular complexity index is 396. The topological polar surface area (TPSA) is 15.3 Å². The minimum Gasteiger partial charge on any atom is -0.314 e. The van der Waals surface area contributed by atoms with E-state index in [9.17, 15) is 0 Å². The summed E-state index contributed by atoms with van der Waals surface area (Å²) in [6.07, 6.45) is 7.14. The fourth-order valence-electron chi connectivity index (χ4n) is 3.75. The molecule has 0 unspecified atom stereocenters. The highest BCUT2D eigenvalue weighted by molar-refractivity contribution is 9.11. The molecule has 0 bridgehead atoms. The fraction of sp³-hybridized carbons (Fsp3) is 0.750. The van der Waals surface area contributed by atoms with Crippen LogP contribution in [0, 0.1) is 12.8 Å². The van der Waals surface area contributed by atoms with Crippen LogP contribution in [0.15, 0.2) is 9.85 Å². The third kappa shape index (κ3) is 3.29. The zero-order valence-electron chi connectivity index (χ0n) is 12.3. The lowest BCUT2D eigenvalue weighted by molar-refractivity contribution is 0.106. The van der Waals surface area contributed by atoms with Gasteiger partial charge in [0.05, 0.1) is 3.79 Å². The van der Waals surface area contributed by atoms with E-state index in [0.717, 1.165) is 19.0 Å². The third-order valence-corrected chi connectivity index (χ3v) is 7.02. The first kappa shape index (κ1) is 15.0. The van der Waals surface area contributed by atoms with Crippen molar-refractivity contribution in [1.29, 1.82) is 0 Å². The van der Waals surface area contributed by atoms with Crippen LogP contribution >= 0.6 is 27.3 Å². The molecule has 0 aromatic carbocycles. The number of nitrogens with one attached hydrogen (secondary N) is 1. The molecule has 1 saturated carbocycles. The lowest BCUT2D eigenvalue weighted by Crippen LogP contribution is -2.47. The Morgan fingerprint density at radius 2 is 1.95 bits per heavy atom. The van der Waals surface area contributed by atoms with E-state index in [1.54, 1.807) is 4.88 Å². The molecule has 1 aliphatic carbocycles. The second kappa shape index (κ2) is 6.91. The highest BCUT2D eigenvalue weighted by Crippen LogP contribution is 2.42. The van der Waals surface area contributed by atoms with Crippen molar-refractivity contribution in [2.75, 3.05) is 26.2 Å². The van der Waals surface area contributed by atoms with Crippen molar-refractivity contribution in [2.24, 2.45) is 5.92 Å². The normalized spacial score (nSPS) is 23.9. The van der Waals surface area contributed by atoms with Gasteiger partial charge < -0.3 is 5.32 Å². The van der Waals surface area contributed by atoms with Crippen molar-refractivity contribution in [3.63, 3.8) is 0 Å². The summed E-state index contributed by atoms with van der Waals surface area (Å²) in [6, 6.07) is 3.09. The number of halogens is 1. The first-order valence-corrected chi connectivity index (χ1v) is 9.57. The summed E-state index contributed by atoms with van der Waals surface area (Å²) >= 11 is 5.68. The maximum absolute atomic E-state index is 3.72. The number of rotatable bonds is 3. The van der Waals surface area contributed by atoms with Gasteiger partial charge in [0.15, 0.2) is 0 Å². The monoisotopic (exact) mass is 356 g/mol. The van der Waals surface area contributed by atoms with Crippen LogP contribution < -0.4 is 5.32 Å². The minimum absolute atomic E-state index is 0.660. The summed E-state index contributed by atoms with van der Waals surface area (Å²) in [5, 5.41) is 3.49. The quantitative estimate of drug-likeness (QED) is 0.865. The van der Waals surface area contributed by atoms with Gasteiger partial charge in [-0.15, -0.1) is 11.3 Å². The molecule has 2 nitrogen and oxygen atoms in total. The molecule has 1 aliphatic heterocycles. The molecule has 1 aromatic rings. The van der Waals surface area contributed by atoms with Crippen LogP contribution in [-0.2, 0) is 0 Å². The number of nitrogens with zero attached hydrogens (tertiary/aromatic N) is 1. The van der Waals surface area contributed by atoms with E-state index in [1.165, 1.54) is 54.5 Å². The van der Waals surface area contributed by atoms with Crippen molar-refractivity contribution in [1.82, 2.24) is 10.2 Å². The van der Waals surface area contributed by atoms with Crippen molar-refractivity contribution in [3.05, 3.63) is 20.3 Å². The Balaban J connectivity index is 1.85. The molecular formula is C16H25BrN2S. The molecule has 2 aliphatic rings. The van der Waals surface area contributed by atoms with Gasteiger partial charge in [0.25, 0.3) is 0 Å². The Morgan fingerprint density at radius 1 is 1.25 bits per heavy atom. The largest absolute Gasteiger partial charge is 0.314 e. The third-order valence-electron chi connectivity index (χ3n) is 4.81. The van der Waals surface area contributed by atoms with Crippen molar-refractivity contribution in [2.45, 2.75) is 45.1 Å².